The van der Waals surface area contributed by atoms with E-state index in [2.05, 4.69) is 39.5 Å². The number of fused-ring (bicyclic) bond motifs is 1. The first-order valence-corrected chi connectivity index (χ1v) is 9.03. The van der Waals surface area contributed by atoms with Crippen LogP contribution in [0.3, 0.4) is 0 Å². The van der Waals surface area contributed by atoms with E-state index in [1.807, 2.05) is 36.4 Å². The van der Waals surface area contributed by atoms with Gasteiger partial charge >= 0.3 is 0 Å². The van der Waals surface area contributed by atoms with Crippen molar-refractivity contribution in [3.63, 3.8) is 0 Å². The van der Waals surface area contributed by atoms with E-state index < -0.39 is 5.41 Å². The summed E-state index contributed by atoms with van der Waals surface area (Å²) in [5.74, 6) is 0.330. The minimum absolute atomic E-state index is 0.0945. The molecule has 0 spiro atoms. The van der Waals surface area contributed by atoms with Crippen molar-refractivity contribution in [3.05, 3.63) is 77.0 Å². The second-order valence-electron chi connectivity index (χ2n) is 8.16. The maximum absolute atomic E-state index is 13.3. The number of amides is 1. The SMILES string of the molecule is C=C1C2CC2(c2ccc(Cl)cc2)C(=O)N1c1ccc(C(C)(C)C)cc1. The number of halogens is 1. The summed E-state index contributed by atoms with van der Waals surface area (Å²) in [6.07, 6.45) is 0.850. The Kier molecular flexibility index (Phi) is 3.42. The number of hydrogen-bond acceptors (Lipinski definition) is 1. The quantitative estimate of drug-likeness (QED) is 0.703. The van der Waals surface area contributed by atoms with Gasteiger partial charge in [-0.3, -0.25) is 9.69 Å². The average molecular weight is 352 g/mol. The molecule has 0 aromatic heterocycles. The van der Waals surface area contributed by atoms with E-state index in [0.717, 1.165) is 23.4 Å². The lowest BCUT2D eigenvalue weighted by atomic mass is 9.87. The monoisotopic (exact) mass is 351 g/mol. The van der Waals surface area contributed by atoms with Crippen LogP contribution in [0, 0.1) is 5.92 Å². The molecule has 1 aliphatic carbocycles. The number of piperidine rings is 1. The Balaban J connectivity index is 1.68. The van der Waals surface area contributed by atoms with Crippen LogP contribution in [0.15, 0.2) is 60.8 Å². The van der Waals surface area contributed by atoms with E-state index in [-0.39, 0.29) is 17.2 Å². The Morgan fingerprint density at radius 3 is 2.24 bits per heavy atom. The van der Waals surface area contributed by atoms with Crippen LogP contribution in [0.2, 0.25) is 5.02 Å². The first-order chi connectivity index (χ1) is 11.7. The number of rotatable bonds is 2. The van der Waals surface area contributed by atoms with E-state index in [9.17, 15) is 4.79 Å². The molecule has 0 radical (unpaired) electrons. The van der Waals surface area contributed by atoms with Gasteiger partial charge in [0, 0.05) is 22.3 Å². The van der Waals surface area contributed by atoms with Crippen molar-refractivity contribution in [2.75, 3.05) is 4.90 Å². The van der Waals surface area contributed by atoms with Crippen molar-refractivity contribution in [2.45, 2.75) is 38.0 Å². The Labute approximate surface area is 154 Å². The van der Waals surface area contributed by atoms with Crippen molar-refractivity contribution < 1.29 is 4.79 Å². The molecule has 2 aromatic carbocycles. The molecule has 1 amide bonds. The van der Waals surface area contributed by atoms with E-state index in [1.165, 1.54) is 5.56 Å². The fourth-order valence-electron chi connectivity index (χ4n) is 3.97. The van der Waals surface area contributed by atoms with Crippen LogP contribution in [-0.4, -0.2) is 5.91 Å². The van der Waals surface area contributed by atoms with Gasteiger partial charge in [0.05, 0.1) is 5.41 Å². The van der Waals surface area contributed by atoms with Crippen molar-refractivity contribution in [3.8, 4) is 0 Å². The number of allylic oxidation sites excluding steroid dienone is 1. The van der Waals surface area contributed by atoms with Gasteiger partial charge in [-0.05, 0) is 47.2 Å². The minimum Gasteiger partial charge on any atom is -0.284 e. The number of benzene rings is 2. The molecular weight excluding hydrogens is 330 g/mol. The lowest BCUT2D eigenvalue weighted by Crippen LogP contribution is -2.32. The Morgan fingerprint density at radius 2 is 1.68 bits per heavy atom. The van der Waals surface area contributed by atoms with Gasteiger partial charge in [0.2, 0.25) is 5.91 Å². The first kappa shape index (κ1) is 16.4. The number of hydrogen-bond donors (Lipinski definition) is 0. The number of nitrogens with zero attached hydrogens (tertiary/aromatic N) is 1. The van der Waals surface area contributed by atoms with Crippen LogP contribution >= 0.6 is 11.6 Å². The predicted molar refractivity (Wildman–Crippen MR) is 103 cm³/mol. The fourth-order valence-corrected chi connectivity index (χ4v) is 4.10. The zero-order valence-corrected chi connectivity index (χ0v) is 15.6. The highest BCUT2D eigenvalue weighted by atomic mass is 35.5. The molecule has 4 rings (SSSR count). The number of carbonyl (C=O) groups is 1. The lowest BCUT2D eigenvalue weighted by Gasteiger charge is -2.24. The average Bonchev–Trinajstić information content (AvgIpc) is 3.27. The molecule has 0 bridgehead atoms. The molecule has 2 aromatic rings. The summed E-state index contributed by atoms with van der Waals surface area (Å²) in [5.41, 5.74) is 3.77. The van der Waals surface area contributed by atoms with Gasteiger partial charge in [-0.2, -0.15) is 0 Å². The lowest BCUT2D eigenvalue weighted by molar-refractivity contribution is -0.119. The van der Waals surface area contributed by atoms with Gasteiger partial charge in [0.1, 0.15) is 0 Å². The van der Waals surface area contributed by atoms with E-state index >= 15 is 0 Å². The highest BCUT2D eigenvalue weighted by Crippen LogP contribution is 2.64. The van der Waals surface area contributed by atoms with Gasteiger partial charge in [0.25, 0.3) is 0 Å². The van der Waals surface area contributed by atoms with Gasteiger partial charge < -0.3 is 0 Å². The fraction of sp³-hybridized carbons (Fsp3) is 0.318. The van der Waals surface area contributed by atoms with Crippen LogP contribution in [0.4, 0.5) is 5.69 Å². The molecule has 2 nitrogen and oxygen atoms in total. The van der Waals surface area contributed by atoms with Crippen molar-refractivity contribution >= 4 is 23.2 Å². The van der Waals surface area contributed by atoms with Gasteiger partial charge in [-0.25, -0.2) is 0 Å². The molecule has 2 unspecified atom stereocenters. The van der Waals surface area contributed by atoms with Crippen molar-refractivity contribution in [1.29, 1.82) is 0 Å². The number of anilines is 1. The first-order valence-electron chi connectivity index (χ1n) is 8.65. The summed E-state index contributed by atoms with van der Waals surface area (Å²) in [4.78, 5) is 15.1. The topological polar surface area (TPSA) is 20.3 Å². The van der Waals surface area contributed by atoms with Crippen LogP contribution < -0.4 is 4.90 Å². The molecule has 1 heterocycles. The summed E-state index contributed by atoms with van der Waals surface area (Å²) in [7, 11) is 0. The molecule has 128 valence electrons. The smallest absolute Gasteiger partial charge is 0.242 e. The maximum Gasteiger partial charge on any atom is 0.242 e. The second kappa shape index (κ2) is 5.22. The third-order valence-electron chi connectivity index (χ3n) is 5.59. The molecule has 1 aliphatic heterocycles. The molecule has 2 atom stereocenters. The van der Waals surface area contributed by atoms with Crippen LogP contribution in [-0.2, 0) is 15.6 Å². The van der Waals surface area contributed by atoms with Crippen molar-refractivity contribution in [1.82, 2.24) is 0 Å². The van der Waals surface area contributed by atoms with Crippen molar-refractivity contribution in [2.24, 2.45) is 5.92 Å². The summed E-state index contributed by atoms with van der Waals surface area (Å²) >= 11 is 6.01. The second-order valence-corrected chi connectivity index (χ2v) is 8.60. The zero-order valence-electron chi connectivity index (χ0n) is 14.8. The Bertz CT molecular complexity index is 860. The van der Waals surface area contributed by atoms with Crippen LogP contribution in [0.1, 0.15) is 38.3 Å². The van der Waals surface area contributed by atoms with Gasteiger partial charge in [-0.15, -0.1) is 0 Å². The molecule has 25 heavy (non-hydrogen) atoms. The van der Waals surface area contributed by atoms with Crippen LogP contribution in [0.25, 0.3) is 0 Å². The zero-order chi connectivity index (χ0) is 18.0. The van der Waals surface area contributed by atoms with Gasteiger partial charge in [0.15, 0.2) is 0 Å². The highest BCUT2D eigenvalue weighted by molar-refractivity contribution is 6.30. The van der Waals surface area contributed by atoms with Gasteiger partial charge in [-0.1, -0.05) is 63.2 Å². The maximum atomic E-state index is 13.3. The largest absolute Gasteiger partial charge is 0.284 e. The van der Waals surface area contributed by atoms with E-state index in [4.69, 9.17) is 11.6 Å². The van der Waals surface area contributed by atoms with E-state index in [1.54, 1.807) is 4.90 Å². The molecular formula is C22H22ClNO. The normalized spacial score (nSPS) is 25.3. The standard InChI is InChI=1S/C22H22ClNO/c1-14-19-13-22(19,16-5-9-17(23)10-6-16)20(25)24(14)18-11-7-15(8-12-18)21(2,3)4/h5-12,19H,1,13H2,2-4H3. The third-order valence-corrected chi connectivity index (χ3v) is 5.84. The third kappa shape index (κ3) is 2.35. The Morgan fingerprint density at radius 1 is 1.08 bits per heavy atom. The predicted octanol–water partition coefficient (Wildman–Crippen LogP) is 5.46. The molecule has 2 fully saturated rings. The highest BCUT2D eigenvalue weighted by Gasteiger charge is 2.69. The van der Waals surface area contributed by atoms with Crippen LogP contribution in [0.5, 0.6) is 0 Å². The summed E-state index contributed by atoms with van der Waals surface area (Å²) in [5, 5.41) is 0.691. The summed E-state index contributed by atoms with van der Waals surface area (Å²) in [6, 6.07) is 15.9. The minimum atomic E-state index is -0.440. The summed E-state index contributed by atoms with van der Waals surface area (Å²) in [6.45, 7) is 10.8. The molecule has 1 saturated heterocycles. The number of carbonyl (C=O) groups excluding carboxylic acids is 1. The molecule has 2 aliphatic rings. The summed E-state index contributed by atoms with van der Waals surface area (Å²) < 4.78 is 0. The molecule has 1 saturated carbocycles. The Hall–Kier alpha value is -2.06. The van der Waals surface area contributed by atoms with E-state index in [0.29, 0.717) is 5.02 Å². The molecule has 0 N–H and O–H groups in total. The molecule has 3 heteroatoms.